The number of anilines is 1. The van der Waals surface area contributed by atoms with E-state index in [1.807, 2.05) is 64.1 Å². The molecular weight excluding hydrogens is 953 g/mol. The fourth-order valence-electron chi connectivity index (χ4n) is 9.46. The number of aromatic hydroxyl groups is 1. The number of nitrogens with zero attached hydrogens (tertiary/aromatic N) is 3. The first-order chi connectivity index (χ1) is 34.0. The molecule has 0 bridgehead atoms. The molecule has 0 saturated carbocycles. The van der Waals surface area contributed by atoms with Crippen LogP contribution in [0.2, 0.25) is 0 Å². The SMILES string of the molecule is CCO[Si](CNC(=O)CN1C(=O)C(=CC=C2N(Cc3ccccc3)c3ccc(-c4ccc(OC)cc4)cc3C2(Cc2ccccc2)Cc2ccccc2)SC1c1sc(=S)n(CC)c1O)(OCC)OCC. The predicted molar refractivity (Wildman–Crippen MR) is 285 cm³/mol. The number of thioether (sulfide) groups is 1. The minimum absolute atomic E-state index is 0.0130. The Kier molecular flexibility index (Phi) is 16.6. The van der Waals surface area contributed by atoms with Crippen LogP contribution in [0.4, 0.5) is 5.69 Å². The van der Waals surface area contributed by atoms with Gasteiger partial charge in [-0.3, -0.25) is 14.2 Å². The highest BCUT2D eigenvalue weighted by Crippen LogP contribution is 2.55. The highest BCUT2D eigenvalue weighted by molar-refractivity contribution is 8.04. The number of ether oxygens (including phenoxy) is 1. The second-order valence-electron chi connectivity index (χ2n) is 17.0. The minimum atomic E-state index is -3.26. The Hall–Kier alpha value is -5.78. The Morgan fingerprint density at radius 2 is 1.36 bits per heavy atom. The van der Waals surface area contributed by atoms with E-state index in [1.165, 1.54) is 44.7 Å². The molecule has 2 aliphatic rings. The summed E-state index contributed by atoms with van der Waals surface area (Å²) in [6, 6.07) is 46.6. The topological polar surface area (TPSA) is 115 Å². The molecular formula is C55H60N4O7S3Si. The van der Waals surface area contributed by atoms with Crippen LogP contribution >= 0.6 is 35.3 Å². The molecule has 2 amide bonds. The number of hydrogen-bond donors (Lipinski definition) is 2. The molecule has 15 heteroatoms. The first kappa shape index (κ1) is 50.6. The number of methoxy groups -OCH3 is 1. The van der Waals surface area contributed by atoms with Gasteiger partial charge < -0.3 is 38.2 Å². The Morgan fingerprint density at radius 1 is 0.786 bits per heavy atom. The smallest absolute Gasteiger partial charge is 0.497 e. The summed E-state index contributed by atoms with van der Waals surface area (Å²) in [6.07, 6.45) is 5.39. The van der Waals surface area contributed by atoms with E-state index in [1.54, 1.807) is 11.7 Å². The van der Waals surface area contributed by atoms with E-state index >= 15 is 4.79 Å². The molecule has 0 aliphatic carbocycles. The number of fused-ring (bicyclic) bond motifs is 1. The predicted octanol–water partition coefficient (Wildman–Crippen LogP) is 11.2. The number of rotatable bonds is 21. The third kappa shape index (κ3) is 10.9. The second kappa shape index (κ2) is 23.0. The molecule has 1 atom stereocenters. The van der Waals surface area contributed by atoms with Crippen LogP contribution in [0.25, 0.3) is 11.1 Å². The van der Waals surface area contributed by atoms with Crippen molar-refractivity contribution in [3.63, 3.8) is 0 Å². The first-order valence-corrected chi connectivity index (χ1v) is 27.8. The van der Waals surface area contributed by atoms with Crippen LogP contribution in [0.5, 0.6) is 11.6 Å². The highest BCUT2D eigenvalue weighted by Gasteiger charge is 2.48. The van der Waals surface area contributed by atoms with Gasteiger partial charge in [0.2, 0.25) is 11.8 Å². The fourth-order valence-corrected chi connectivity index (χ4v) is 14.6. The Bertz CT molecular complexity index is 2820. The van der Waals surface area contributed by atoms with Crippen molar-refractivity contribution in [2.24, 2.45) is 0 Å². The zero-order valence-electron chi connectivity index (χ0n) is 40.3. The summed E-state index contributed by atoms with van der Waals surface area (Å²) in [5.41, 5.74) is 8.27. The lowest BCUT2D eigenvalue weighted by atomic mass is 9.70. The van der Waals surface area contributed by atoms with Crippen LogP contribution in [-0.4, -0.2) is 74.8 Å². The largest absolute Gasteiger partial charge is 0.521 e. The van der Waals surface area contributed by atoms with Gasteiger partial charge in [-0.15, -0.1) is 11.3 Å². The van der Waals surface area contributed by atoms with E-state index in [4.69, 9.17) is 30.2 Å². The van der Waals surface area contributed by atoms with Crippen LogP contribution in [0.3, 0.4) is 0 Å². The van der Waals surface area contributed by atoms with Crippen molar-refractivity contribution < 1.29 is 32.7 Å². The van der Waals surface area contributed by atoms with Gasteiger partial charge in [0.1, 0.15) is 22.5 Å². The number of amides is 2. The maximum Gasteiger partial charge on any atom is 0.521 e. The molecule has 0 spiro atoms. The maximum absolute atomic E-state index is 15.0. The summed E-state index contributed by atoms with van der Waals surface area (Å²) >= 11 is 8.26. The Balaban J connectivity index is 1.28. The second-order valence-corrected chi connectivity index (χ2v) is 22.4. The van der Waals surface area contributed by atoms with E-state index in [2.05, 4.69) is 119 Å². The molecule has 1 fully saturated rings. The van der Waals surface area contributed by atoms with E-state index < -0.39 is 25.5 Å². The van der Waals surface area contributed by atoms with Crippen molar-refractivity contribution in [2.75, 3.05) is 44.5 Å². The number of nitrogens with one attached hydrogen (secondary N) is 1. The van der Waals surface area contributed by atoms with Gasteiger partial charge in [-0.25, -0.2) is 0 Å². The zero-order valence-corrected chi connectivity index (χ0v) is 43.7. The molecule has 11 nitrogen and oxygen atoms in total. The number of benzene rings is 5. The number of hydrogen-bond acceptors (Lipinski definition) is 11. The molecule has 70 heavy (non-hydrogen) atoms. The maximum atomic E-state index is 15.0. The third-order valence-electron chi connectivity index (χ3n) is 12.6. The normalized spacial score (nSPS) is 16.6. The molecule has 5 aromatic carbocycles. The van der Waals surface area contributed by atoms with Crippen molar-refractivity contribution in [2.45, 2.75) is 64.4 Å². The van der Waals surface area contributed by atoms with Gasteiger partial charge in [0.05, 0.1) is 18.2 Å². The lowest BCUT2D eigenvalue weighted by Gasteiger charge is -2.35. The average molecular weight is 1010 g/mol. The molecule has 1 saturated heterocycles. The average Bonchev–Trinajstić information content (AvgIpc) is 3.93. The van der Waals surface area contributed by atoms with E-state index in [-0.39, 0.29) is 24.5 Å². The summed E-state index contributed by atoms with van der Waals surface area (Å²) < 4.78 is 25.7. The van der Waals surface area contributed by atoms with Crippen molar-refractivity contribution in [3.8, 4) is 22.8 Å². The van der Waals surface area contributed by atoms with Gasteiger partial charge >= 0.3 is 8.80 Å². The van der Waals surface area contributed by atoms with Crippen molar-refractivity contribution in [3.05, 3.63) is 187 Å². The highest BCUT2D eigenvalue weighted by atomic mass is 32.2. The summed E-state index contributed by atoms with van der Waals surface area (Å²) in [7, 11) is -1.58. The van der Waals surface area contributed by atoms with Gasteiger partial charge in [-0.2, -0.15) is 0 Å². The molecule has 2 N–H and O–H groups in total. The van der Waals surface area contributed by atoms with Crippen molar-refractivity contribution in [1.82, 2.24) is 14.8 Å². The summed E-state index contributed by atoms with van der Waals surface area (Å²) in [6.45, 7) is 9.27. The molecule has 2 aliphatic heterocycles. The Labute approximate surface area is 425 Å². The number of thiazole rings is 1. The van der Waals surface area contributed by atoms with E-state index in [0.717, 1.165) is 33.8 Å². The first-order valence-electron chi connectivity index (χ1n) is 23.7. The molecule has 1 unspecified atom stereocenters. The van der Waals surface area contributed by atoms with Crippen LogP contribution in [0, 0.1) is 3.95 Å². The molecule has 6 aromatic rings. The monoisotopic (exact) mass is 1010 g/mol. The molecule has 8 rings (SSSR count). The van der Waals surface area contributed by atoms with Crippen LogP contribution < -0.4 is 15.0 Å². The van der Waals surface area contributed by atoms with Crippen molar-refractivity contribution in [1.29, 1.82) is 0 Å². The van der Waals surface area contributed by atoms with Gasteiger partial charge in [-0.1, -0.05) is 121 Å². The third-order valence-corrected chi connectivity index (χ3v) is 18.3. The van der Waals surface area contributed by atoms with Crippen LogP contribution in [0.15, 0.2) is 156 Å². The number of aromatic nitrogens is 1. The lowest BCUT2D eigenvalue weighted by molar-refractivity contribution is -0.132. The quantitative estimate of drug-likeness (QED) is 0.0410. The number of allylic oxidation sites excluding steroid dienone is 3. The molecule has 3 heterocycles. The molecule has 364 valence electrons. The van der Waals surface area contributed by atoms with Crippen LogP contribution in [-0.2, 0) is 54.2 Å². The number of carbonyl (C=O) groups is 2. The van der Waals surface area contributed by atoms with Gasteiger partial charge in [-0.05, 0) is 123 Å². The van der Waals surface area contributed by atoms with E-state index in [9.17, 15) is 9.90 Å². The summed E-state index contributed by atoms with van der Waals surface area (Å²) in [5.74, 6) is 0.0267. The van der Waals surface area contributed by atoms with Gasteiger partial charge in [0.15, 0.2) is 3.95 Å². The number of carbonyl (C=O) groups excluding carboxylic acids is 2. The zero-order chi connectivity index (χ0) is 49.3. The van der Waals surface area contributed by atoms with Gasteiger partial charge in [0, 0.05) is 49.7 Å². The Morgan fingerprint density at radius 3 is 1.90 bits per heavy atom. The fraction of sp³-hybridized carbons (Fsp3) is 0.291. The minimum Gasteiger partial charge on any atom is -0.497 e. The standard InChI is InChI=1S/C55H60N4O7S3Si/c1-6-57-52(62)50(69-54(57)67)53-59(37-49(60)56-38-70(64-7-2,65-8-3)66-9-4)51(61)47(68-53)31-32-48-55(34-39-19-13-10-14-20-39,35-40-21-15-11-16-22-40)45-33-43(42-25-28-44(63-5)29-26-42)27-30-46(45)58(48)36-41-23-17-12-18-24-41/h10-33,53,62H,6-9,34-38H2,1-5H3,(H,56,60). The lowest BCUT2D eigenvalue weighted by Crippen LogP contribution is -2.56. The summed E-state index contributed by atoms with van der Waals surface area (Å²) in [5, 5.41) is 13.8. The molecule has 0 radical (unpaired) electrons. The summed E-state index contributed by atoms with van der Waals surface area (Å²) in [4.78, 5) is 33.9. The van der Waals surface area contributed by atoms with E-state index in [0.29, 0.717) is 59.5 Å². The van der Waals surface area contributed by atoms with Gasteiger partial charge in [0.25, 0.3) is 5.91 Å². The van der Waals surface area contributed by atoms with Crippen molar-refractivity contribution >= 4 is 61.6 Å². The van der Waals surface area contributed by atoms with Crippen LogP contribution in [0.1, 0.15) is 60.2 Å². The molecule has 1 aromatic heterocycles.